The van der Waals surface area contributed by atoms with E-state index in [-0.39, 0.29) is 18.2 Å². The van der Waals surface area contributed by atoms with Crippen molar-refractivity contribution in [1.82, 2.24) is 5.32 Å². The molecule has 0 aliphatic carbocycles. The number of aryl methyl sites for hydroxylation is 1. The zero-order valence-electron chi connectivity index (χ0n) is 18.1. The highest BCUT2D eigenvalue weighted by molar-refractivity contribution is 7.94. The Hall–Kier alpha value is -1.80. The summed E-state index contributed by atoms with van der Waals surface area (Å²) < 4.78 is 28.0. The van der Waals surface area contributed by atoms with Crippen LogP contribution in [0.2, 0.25) is 5.02 Å². The lowest BCUT2D eigenvalue weighted by Crippen LogP contribution is -2.37. The maximum absolute atomic E-state index is 12.8. The smallest absolute Gasteiger partial charge is 0.316 e. The predicted octanol–water partition coefficient (Wildman–Crippen LogP) is 4.39. The van der Waals surface area contributed by atoms with Gasteiger partial charge >= 0.3 is 10.2 Å². The van der Waals surface area contributed by atoms with E-state index in [0.29, 0.717) is 24.2 Å². The Kier molecular flexibility index (Phi) is 8.09. The Labute approximate surface area is 201 Å². The number of nitrogens with zero attached hydrogens (tertiary/aromatic N) is 2. The third-order valence-corrected chi connectivity index (χ3v) is 8.23. The Morgan fingerprint density at radius 1 is 1.16 bits per heavy atom. The first-order valence-corrected chi connectivity index (χ1v) is 12.6. The van der Waals surface area contributed by atoms with E-state index in [9.17, 15) is 13.2 Å². The fourth-order valence-corrected chi connectivity index (χ4v) is 6.03. The van der Waals surface area contributed by atoms with Crippen molar-refractivity contribution < 1.29 is 13.2 Å². The number of carbonyl (C=O) groups excluding carboxylic acids is 1. The van der Waals surface area contributed by atoms with Gasteiger partial charge in [-0.2, -0.15) is 8.42 Å². The summed E-state index contributed by atoms with van der Waals surface area (Å²) in [4.78, 5) is 12.8. The topological polar surface area (TPSA) is 69.7 Å². The Morgan fingerprint density at radius 3 is 2.72 bits per heavy atom. The minimum absolute atomic E-state index is 0. The summed E-state index contributed by atoms with van der Waals surface area (Å²) in [6.07, 6.45) is 4.63. The van der Waals surface area contributed by atoms with Crippen molar-refractivity contribution in [3.05, 3.63) is 58.1 Å². The first kappa shape index (κ1) is 24.8. The Morgan fingerprint density at radius 2 is 1.94 bits per heavy atom. The molecule has 32 heavy (non-hydrogen) atoms. The van der Waals surface area contributed by atoms with Gasteiger partial charge in [0.1, 0.15) is 0 Å². The SMILES string of the molecule is CN1c2cc(C(=O)CCCCNCCc3ccccc3Cl)cc3c2N(CCC3)S1(=O)=O.Cl. The third kappa shape index (κ3) is 4.91. The molecule has 0 atom stereocenters. The monoisotopic (exact) mass is 497 g/mol. The highest BCUT2D eigenvalue weighted by Gasteiger charge is 2.41. The van der Waals surface area contributed by atoms with Crippen LogP contribution < -0.4 is 13.9 Å². The molecule has 0 saturated heterocycles. The van der Waals surface area contributed by atoms with E-state index in [2.05, 4.69) is 5.32 Å². The second kappa shape index (κ2) is 10.4. The van der Waals surface area contributed by atoms with Crippen LogP contribution in [0.4, 0.5) is 11.4 Å². The maximum atomic E-state index is 12.8. The number of halogens is 2. The summed E-state index contributed by atoms with van der Waals surface area (Å²) >= 11 is 6.17. The van der Waals surface area contributed by atoms with E-state index in [1.54, 1.807) is 13.1 Å². The van der Waals surface area contributed by atoms with Gasteiger partial charge in [-0.05, 0) is 74.5 Å². The Balaban J connectivity index is 0.00000289. The van der Waals surface area contributed by atoms with Crippen molar-refractivity contribution in [2.24, 2.45) is 0 Å². The predicted molar refractivity (Wildman–Crippen MR) is 133 cm³/mol. The number of anilines is 2. The van der Waals surface area contributed by atoms with Gasteiger partial charge in [0.2, 0.25) is 0 Å². The van der Waals surface area contributed by atoms with Gasteiger partial charge in [-0.15, -0.1) is 12.4 Å². The molecule has 6 nitrogen and oxygen atoms in total. The quantitative estimate of drug-likeness (QED) is 0.411. The average Bonchev–Trinajstić information content (AvgIpc) is 2.96. The second-order valence-electron chi connectivity index (χ2n) is 8.13. The zero-order valence-corrected chi connectivity index (χ0v) is 20.5. The van der Waals surface area contributed by atoms with Gasteiger partial charge in [0.15, 0.2) is 5.78 Å². The maximum Gasteiger partial charge on any atom is 0.326 e. The molecule has 174 valence electrons. The largest absolute Gasteiger partial charge is 0.326 e. The van der Waals surface area contributed by atoms with Crippen molar-refractivity contribution in [2.75, 3.05) is 35.3 Å². The molecule has 2 aliphatic heterocycles. The highest BCUT2D eigenvalue weighted by atomic mass is 35.5. The Bertz CT molecular complexity index is 1090. The molecule has 0 amide bonds. The lowest BCUT2D eigenvalue weighted by Gasteiger charge is -2.24. The number of nitrogens with one attached hydrogen (secondary N) is 1. The van der Waals surface area contributed by atoms with Crippen molar-refractivity contribution >= 4 is 51.4 Å². The van der Waals surface area contributed by atoms with E-state index in [1.807, 2.05) is 30.3 Å². The molecule has 1 N–H and O–H groups in total. The van der Waals surface area contributed by atoms with Crippen molar-refractivity contribution in [2.45, 2.75) is 38.5 Å². The van der Waals surface area contributed by atoms with E-state index >= 15 is 0 Å². The van der Waals surface area contributed by atoms with Crippen LogP contribution in [0.15, 0.2) is 36.4 Å². The molecule has 0 saturated carbocycles. The van der Waals surface area contributed by atoms with Crippen LogP contribution >= 0.6 is 24.0 Å². The summed E-state index contributed by atoms with van der Waals surface area (Å²) in [7, 11) is -1.94. The lowest BCUT2D eigenvalue weighted by atomic mass is 9.96. The molecular weight excluding hydrogens is 469 g/mol. The first-order chi connectivity index (χ1) is 14.9. The fourth-order valence-electron chi connectivity index (χ4n) is 4.31. The number of unbranched alkanes of at least 4 members (excludes halogenated alkanes) is 1. The molecule has 4 rings (SSSR count). The standard InChI is InChI=1S/C23H28ClN3O3S.ClH/c1-26-21-16-19(15-18-8-6-14-27(23(18)21)31(26,29)30)22(28)10-4-5-12-25-13-11-17-7-2-3-9-20(17)24;/h2-3,7,9,15-16,25H,4-6,8,10-14H2,1H3;1H. The normalized spacial score (nSPS) is 15.9. The first-order valence-electron chi connectivity index (χ1n) is 10.8. The van der Waals surface area contributed by atoms with E-state index in [0.717, 1.165) is 67.0 Å². The minimum atomic E-state index is -3.50. The van der Waals surface area contributed by atoms with Crippen LogP contribution in [0.3, 0.4) is 0 Å². The van der Waals surface area contributed by atoms with Gasteiger partial charge in [-0.1, -0.05) is 29.8 Å². The molecule has 0 radical (unpaired) electrons. The van der Waals surface area contributed by atoms with Crippen LogP contribution in [-0.2, 0) is 23.1 Å². The lowest BCUT2D eigenvalue weighted by molar-refractivity contribution is 0.0979. The third-order valence-electron chi connectivity index (χ3n) is 6.05. The number of carbonyl (C=O) groups is 1. The van der Waals surface area contributed by atoms with Crippen molar-refractivity contribution in [3.8, 4) is 0 Å². The van der Waals surface area contributed by atoms with Gasteiger partial charge in [0.25, 0.3) is 0 Å². The van der Waals surface area contributed by atoms with Gasteiger partial charge in [0, 0.05) is 30.6 Å². The molecular formula is C23H29Cl2N3O3S. The number of Topliss-reactive ketones (excluding diaryl/α,β-unsaturated/α-hetero) is 1. The van der Waals surface area contributed by atoms with Crippen LogP contribution in [0.5, 0.6) is 0 Å². The highest BCUT2D eigenvalue weighted by Crippen LogP contribution is 2.46. The van der Waals surface area contributed by atoms with Crippen molar-refractivity contribution in [1.29, 1.82) is 0 Å². The summed E-state index contributed by atoms with van der Waals surface area (Å²) in [5.74, 6) is 0.0740. The molecule has 9 heteroatoms. The van der Waals surface area contributed by atoms with Gasteiger partial charge in [-0.25, -0.2) is 0 Å². The van der Waals surface area contributed by atoms with E-state index < -0.39 is 10.2 Å². The van der Waals surface area contributed by atoms with Crippen molar-refractivity contribution in [3.63, 3.8) is 0 Å². The molecule has 0 aromatic heterocycles. The second-order valence-corrected chi connectivity index (χ2v) is 10.4. The molecule has 0 unspecified atom stereocenters. The molecule has 0 bridgehead atoms. The zero-order chi connectivity index (χ0) is 22.0. The number of rotatable bonds is 9. The van der Waals surface area contributed by atoms with Crippen LogP contribution in [0.25, 0.3) is 0 Å². The number of benzene rings is 2. The molecule has 2 heterocycles. The molecule has 0 spiro atoms. The summed E-state index contributed by atoms with van der Waals surface area (Å²) in [6.45, 7) is 2.20. The number of hydrogen-bond donors (Lipinski definition) is 1. The van der Waals surface area contributed by atoms with Crippen LogP contribution in [-0.4, -0.2) is 40.9 Å². The van der Waals surface area contributed by atoms with Crippen LogP contribution in [0.1, 0.15) is 47.2 Å². The minimum Gasteiger partial charge on any atom is -0.316 e. The molecule has 2 aliphatic rings. The van der Waals surface area contributed by atoms with Gasteiger partial charge < -0.3 is 5.32 Å². The number of hydrogen-bond acceptors (Lipinski definition) is 4. The molecule has 2 aromatic carbocycles. The number of ketones is 1. The summed E-state index contributed by atoms with van der Waals surface area (Å²) in [5.41, 5.74) is 4.10. The summed E-state index contributed by atoms with van der Waals surface area (Å²) in [5, 5.41) is 4.20. The van der Waals surface area contributed by atoms with E-state index in [1.165, 1.54) is 8.61 Å². The average molecular weight is 498 g/mol. The van der Waals surface area contributed by atoms with E-state index in [4.69, 9.17) is 11.6 Å². The summed E-state index contributed by atoms with van der Waals surface area (Å²) in [6, 6.07) is 11.5. The molecule has 2 aromatic rings. The molecule has 0 fully saturated rings. The van der Waals surface area contributed by atoms with Gasteiger partial charge in [-0.3, -0.25) is 13.4 Å². The fraction of sp³-hybridized carbons (Fsp3) is 0.435. The van der Waals surface area contributed by atoms with Crippen LogP contribution in [0, 0.1) is 0 Å². The van der Waals surface area contributed by atoms with Gasteiger partial charge in [0.05, 0.1) is 11.4 Å².